The van der Waals surface area contributed by atoms with Crippen molar-refractivity contribution in [2.45, 2.75) is 13.8 Å². The molecule has 1 N–H and O–H groups in total. The summed E-state index contributed by atoms with van der Waals surface area (Å²) in [6.07, 6.45) is 1.68. The predicted molar refractivity (Wildman–Crippen MR) is 116 cm³/mol. The first-order valence-electron chi connectivity index (χ1n) is 8.96. The van der Waals surface area contributed by atoms with Crippen LogP contribution in [0.1, 0.15) is 26.4 Å². The number of thiophene rings is 1. The maximum atomic E-state index is 12.9. The van der Waals surface area contributed by atoms with Crippen molar-refractivity contribution in [2.75, 3.05) is 0 Å². The number of benzene rings is 2. The molecule has 4 nitrogen and oxygen atoms in total. The highest BCUT2D eigenvalue weighted by Crippen LogP contribution is 2.25. The molecular weight excluding hydrogens is 366 g/mol. The average molecular weight is 385 g/mol. The van der Waals surface area contributed by atoms with Crippen molar-refractivity contribution < 1.29 is 4.79 Å². The van der Waals surface area contributed by atoms with Gasteiger partial charge in [-0.25, -0.2) is 10.4 Å². The molecule has 4 rings (SSSR count). The lowest BCUT2D eigenvalue weighted by atomic mass is 10.0. The fraction of sp³-hybridized carbons (Fsp3) is 0.0870. The third kappa shape index (κ3) is 3.70. The number of aromatic nitrogens is 1. The van der Waals surface area contributed by atoms with E-state index in [0.29, 0.717) is 5.56 Å². The number of nitrogens with one attached hydrogen (secondary N) is 1. The van der Waals surface area contributed by atoms with E-state index in [-0.39, 0.29) is 5.91 Å². The van der Waals surface area contributed by atoms with Gasteiger partial charge in [-0.15, -0.1) is 11.3 Å². The van der Waals surface area contributed by atoms with Crippen LogP contribution in [-0.4, -0.2) is 17.1 Å². The predicted octanol–water partition coefficient (Wildman–Crippen LogP) is 5.34. The second-order valence-corrected chi connectivity index (χ2v) is 7.55. The first-order chi connectivity index (χ1) is 13.6. The van der Waals surface area contributed by atoms with Gasteiger partial charge in [0.15, 0.2) is 0 Å². The molecule has 1 amide bonds. The molecule has 0 radical (unpaired) electrons. The van der Waals surface area contributed by atoms with Crippen molar-refractivity contribution in [2.24, 2.45) is 5.10 Å². The Bertz CT molecular complexity index is 1180. The second-order valence-electron chi connectivity index (χ2n) is 6.61. The van der Waals surface area contributed by atoms with Crippen LogP contribution in [0, 0.1) is 13.8 Å². The van der Waals surface area contributed by atoms with Crippen LogP contribution in [0.4, 0.5) is 0 Å². The number of aryl methyl sites for hydroxylation is 2. The fourth-order valence-electron chi connectivity index (χ4n) is 2.96. The molecule has 138 valence electrons. The van der Waals surface area contributed by atoms with Crippen LogP contribution in [0.5, 0.6) is 0 Å². The number of rotatable bonds is 4. The van der Waals surface area contributed by atoms with E-state index in [1.165, 1.54) is 5.56 Å². The van der Waals surface area contributed by atoms with Crippen LogP contribution in [0.15, 0.2) is 71.1 Å². The summed E-state index contributed by atoms with van der Waals surface area (Å²) < 4.78 is 0. The van der Waals surface area contributed by atoms with E-state index < -0.39 is 0 Å². The SMILES string of the molecule is Cc1ccc(-c2cc(C(=O)N/N=C\c3sccc3C)c3ccccc3n2)cc1. The quantitative estimate of drug-likeness (QED) is 0.381. The lowest BCUT2D eigenvalue weighted by Gasteiger charge is -2.09. The van der Waals surface area contributed by atoms with Crippen LogP contribution in [-0.2, 0) is 0 Å². The minimum atomic E-state index is -0.252. The van der Waals surface area contributed by atoms with E-state index in [0.717, 1.165) is 32.6 Å². The monoisotopic (exact) mass is 385 g/mol. The van der Waals surface area contributed by atoms with E-state index in [1.54, 1.807) is 17.6 Å². The Labute approximate surface area is 167 Å². The van der Waals surface area contributed by atoms with E-state index in [4.69, 9.17) is 4.98 Å². The van der Waals surface area contributed by atoms with Crippen molar-refractivity contribution in [3.05, 3.63) is 87.6 Å². The third-order valence-electron chi connectivity index (χ3n) is 4.56. The minimum absolute atomic E-state index is 0.252. The Balaban J connectivity index is 1.70. The maximum Gasteiger partial charge on any atom is 0.272 e. The molecule has 0 bridgehead atoms. The normalized spacial score (nSPS) is 11.2. The maximum absolute atomic E-state index is 12.9. The molecule has 0 saturated carbocycles. The summed E-state index contributed by atoms with van der Waals surface area (Å²) in [7, 11) is 0. The van der Waals surface area contributed by atoms with E-state index in [9.17, 15) is 4.79 Å². The van der Waals surface area contributed by atoms with Crippen LogP contribution >= 0.6 is 11.3 Å². The Morgan fingerprint density at radius 3 is 2.61 bits per heavy atom. The van der Waals surface area contributed by atoms with Gasteiger partial charge in [0.2, 0.25) is 0 Å². The summed E-state index contributed by atoms with van der Waals surface area (Å²) in [5.74, 6) is -0.252. The first kappa shape index (κ1) is 18.1. The molecule has 5 heteroatoms. The average Bonchev–Trinajstić information content (AvgIpc) is 3.12. The van der Waals surface area contributed by atoms with Gasteiger partial charge < -0.3 is 0 Å². The molecule has 0 fully saturated rings. The molecular formula is C23H19N3OS. The number of hydrogen-bond acceptors (Lipinski definition) is 4. The molecule has 2 aromatic heterocycles. The Morgan fingerprint density at radius 1 is 1.07 bits per heavy atom. The topological polar surface area (TPSA) is 54.4 Å². The van der Waals surface area contributed by atoms with Gasteiger partial charge >= 0.3 is 0 Å². The number of pyridine rings is 1. The Hall–Kier alpha value is -3.31. The van der Waals surface area contributed by atoms with Crippen molar-refractivity contribution in [1.29, 1.82) is 0 Å². The van der Waals surface area contributed by atoms with Gasteiger partial charge in [-0.1, -0.05) is 48.0 Å². The van der Waals surface area contributed by atoms with Gasteiger partial charge in [0.05, 0.1) is 23.0 Å². The first-order valence-corrected chi connectivity index (χ1v) is 9.84. The van der Waals surface area contributed by atoms with Crippen molar-refractivity contribution >= 4 is 34.4 Å². The van der Waals surface area contributed by atoms with Crippen molar-refractivity contribution in [3.8, 4) is 11.3 Å². The van der Waals surface area contributed by atoms with Gasteiger partial charge in [-0.05, 0) is 43.0 Å². The number of para-hydroxylation sites is 1. The molecule has 4 aromatic rings. The zero-order valence-corrected chi connectivity index (χ0v) is 16.5. The molecule has 0 aliphatic carbocycles. The summed E-state index contributed by atoms with van der Waals surface area (Å²) in [6.45, 7) is 4.06. The fourth-order valence-corrected chi connectivity index (χ4v) is 3.75. The number of carbonyl (C=O) groups is 1. The number of hydrogen-bond donors (Lipinski definition) is 1. The molecule has 0 unspecified atom stereocenters. The molecule has 0 spiro atoms. The zero-order valence-electron chi connectivity index (χ0n) is 15.6. The molecule has 28 heavy (non-hydrogen) atoms. The number of nitrogens with zero attached hydrogens (tertiary/aromatic N) is 2. The summed E-state index contributed by atoms with van der Waals surface area (Å²) in [6, 6.07) is 19.6. The summed E-state index contributed by atoms with van der Waals surface area (Å²) in [5.41, 5.74) is 8.05. The lowest BCUT2D eigenvalue weighted by Crippen LogP contribution is -2.18. The minimum Gasteiger partial charge on any atom is -0.267 e. The zero-order chi connectivity index (χ0) is 19.5. The Kier molecular flexibility index (Phi) is 5.00. The van der Waals surface area contributed by atoms with Crippen LogP contribution < -0.4 is 5.43 Å². The summed E-state index contributed by atoms with van der Waals surface area (Å²) in [4.78, 5) is 18.6. The molecule has 0 aliphatic heterocycles. The smallest absolute Gasteiger partial charge is 0.267 e. The summed E-state index contributed by atoms with van der Waals surface area (Å²) >= 11 is 1.59. The standard InChI is InChI=1S/C23H19N3OS/c1-15-7-9-17(10-8-15)21-13-19(18-5-3-4-6-20(18)25-21)23(27)26-24-14-22-16(2)11-12-28-22/h3-14H,1-2H3,(H,26,27)/b24-14-. The molecule has 0 atom stereocenters. The third-order valence-corrected chi connectivity index (χ3v) is 5.51. The van der Waals surface area contributed by atoms with Crippen LogP contribution in [0.3, 0.4) is 0 Å². The van der Waals surface area contributed by atoms with E-state index >= 15 is 0 Å². The summed E-state index contributed by atoms with van der Waals surface area (Å²) in [5, 5.41) is 6.94. The second kappa shape index (κ2) is 7.74. The highest BCUT2D eigenvalue weighted by atomic mass is 32.1. The van der Waals surface area contributed by atoms with Gasteiger partial charge in [-0.2, -0.15) is 5.10 Å². The van der Waals surface area contributed by atoms with E-state index in [2.05, 4.69) is 10.5 Å². The van der Waals surface area contributed by atoms with Crippen molar-refractivity contribution in [1.82, 2.24) is 10.4 Å². The lowest BCUT2D eigenvalue weighted by molar-refractivity contribution is 0.0956. The van der Waals surface area contributed by atoms with Gasteiger partial charge in [0.1, 0.15) is 0 Å². The van der Waals surface area contributed by atoms with E-state index in [1.807, 2.05) is 79.9 Å². The number of hydrazone groups is 1. The number of carbonyl (C=O) groups excluding carboxylic acids is 1. The molecule has 0 saturated heterocycles. The van der Waals surface area contributed by atoms with Crippen LogP contribution in [0.25, 0.3) is 22.2 Å². The van der Waals surface area contributed by atoms with Crippen LogP contribution in [0.2, 0.25) is 0 Å². The van der Waals surface area contributed by atoms with Gasteiger partial charge in [0, 0.05) is 15.8 Å². The Morgan fingerprint density at radius 2 is 1.86 bits per heavy atom. The molecule has 2 heterocycles. The highest BCUT2D eigenvalue weighted by Gasteiger charge is 2.13. The number of fused-ring (bicyclic) bond motifs is 1. The number of amides is 1. The van der Waals surface area contributed by atoms with Gasteiger partial charge in [0.25, 0.3) is 5.91 Å². The molecule has 0 aliphatic rings. The largest absolute Gasteiger partial charge is 0.272 e. The van der Waals surface area contributed by atoms with Gasteiger partial charge in [-0.3, -0.25) is 4.79 Å². The molecule has 2 aromatic carbocycles. The highest BCUT2D eigenvalue weighted by molar-refractivity contribution is 7.11. The van der Waals surface area contributed by atoms with Crippen molar-refractivity contribution in [3.63, 3.8) is 0 Å².